The Bertz CT molecular complexity index is 731. The summed E-state index contributed by atoms with van der Waals surface area (Å²) in [4.78, 5) is 31.5. The lowest BCUT2D eigenvalue weighted by molar-refractivity contribution is -0.132. The van der Waals surface area contributed by atoms with Gasteiger partial charge in [0, 0.05) is 50.7 Å². The van der Waals surface area contributed by atoms with Gasteiger partial charge in [0.25, 0.3) is 0 Å². The zero-order chi connectivity index (χ0) is 17.1. The number of hydrogen-bond donors (Lipinski definition) is 2. The van der Waals surface area contributed by atoms with E-state index in [1.165, 1.54) is 4.90 Å². The predicted octanol–water partition coefficient (Wildman–Crippen LogP) is 1.97. The Morgan fingerprint density at radius 2 is 1.96 bits per heavy atom. The van der Waals surface area contributed by atoms with E-state index in [1.807, 2.05) is 35.4 Å². The number of hydrogen-bond acceptors (Lipinski definition) is 2. The van der Waals surface area contributed by atoms with Crippen LogP contribution in [0.5, 0.6) is 0 Å². The molecule has 0 spiro atoms. The van der Waals surface area contributed by atoms with E-state index in [2.05, 4.69) is 10.3 Å². The number of likely N-dealkylation sites (tertiary alicyclic amines) is 1. The minimum atomic E-state index is -0.544. The van der Waals surface area contributed by atoms with Crippen molar-refractivity contribution in [1.82, 2.24) is 20.1 Å². The van der Waals surface area contributed by atoms with E-state index in [9.17, 15) is 9.59 Å². The molecule has 128 valence electrons. The van der Waals surface area contributed by atoms with Crippen LogP contribution in [0.2, 0.25) is 0 Å². The van der Waals surface area contributed by atoms with Gasteiger partial charge in [0.15, 0.2) is 0 Å². The first-order chi connectivity index (χ1) is 11.6. The molecule has 1 atom stereocenters. The van der Waals surface area contributed by atoms with Crippen molar-refractivity contribution in [3.8, 4) is 0 Å². The predicted molar refractivity (Wildman–Crippen MR) is 93.8 cm³/mol. The van der Waals surface area contributed by atoms with Gasteiger partial charge in [-0.2, -0.15) is 0 Å². The highest BCUT2D eigenvalue weighted by Crippen LogP contribution is 2.20. The van der Waals surface area contributed by atoms with Gasteiger partial charge in [-0.1, -0.05) is 18.2 Å². The van der Waals surface area contributed by atoms with Crippen LogP contribution in [-0.2, 0) is 11.2 Å². The molecule has 6 nitrogen and oxygen atoms in total. The van der Waals surface area contributed by atoms with Gasteiger partial charge in [-0.25, -0.2) is 4.79 Å². The number of nitrogens with one attached hydrogen (secondary N) is 2. The third-order valence-electron chi connectivity index (χ3n) is 4.52. The molecule has 2 N–H and O–H groups in total. The summed E-state index contributed by atoms with van der Waals surface area (Å²) in [6, 6.07) is 7.21. The number of amides is 3. The van der Waals surface area contributed by atoms with Gasteiger partial charge < -0.3 is 20.1 Å². The molecule has 24 heavy (non-hydrogen) atoms. The van der Waals surface area contributed by atoms with E-state index in [0.717, 1.165) is 42.4 Å². The maximum Gasteiger partial charge on any atom is 0.317 e. The van der Waals surface area contributed by atoms with Crippen LogP contribution in [0.25, 0.3) is 10.9 Å². The largest absolute Gasteiger partial charge is 0.361 e. The highest BCUT2D eigenvalue weighted by atomic mass is 16.2. The molecule has 2 aromatic rings. The lowest BCUT2D eigenvalue weighted by Crippen LogP contribution is -2.51. The van der Waals surface area contributed by atoms with Crippen molar-refractivity contribution in [2.24, 2.45) is 0 Å². The molecule has 1 saturated heterocycles. The summed E-state index contributed by atoms with van der Waals surface area (Å²) in [6.07, 6.45) is 4.48. The SMILES string of the molecule is CN(C)C(=O)N[C@@H](Cc1c[nH]c2ccccc12)C(=O)N1CCCC1. The molecule has 1 fully saturated rings. The topological polar surface area (TPSA) is 68.4 Å². The Balaban J connectivity index is 1.83. The second-order valence-electron chi connectivity index (χ2n) is 6.49. The molecule has 1 aliphatic rings. The summed E-state index contributed by atoms with van der Waals surface area (Å²) in [6.45, 7) is 1.56. The smallest absolute Gasteiger partial charge is 0.317 e. The molecule has 0 unspecified atom stereocenters. The molecule has 0 aliphatic carbocycles. The summed E-state index contributed by atoms with van der Waals surface area (Å²) in [5, 5.41) is 3.97. The summed E-state index contributed by atoms with van der Waals surface area (Å²) >= 11 is 0. The van der Waals surface area contributed by atoms with Crippen molar-refractivity contribution in [2.45, 2.75) is 25.3 Å². The van der Waals surface area contributed by atoms with Crippen molar-refractivity contribution < 1.29 is 9.59 Å². The number of benzene rings is 1. The number of aromatic nitrogens is 1. The first-order valence-electron chi connectivity index (χ1n) is 8.38. The Morgan fingerprint density at radius 3 is 2.67 bits per heavy atom. The quantitative estimate of drug-likeness (QED) is 0.901. The van der Waals surface area contributed by atoms with Gasteiger partial charge in [0.05, 0.1) is 0 Å². The van der Waals surface area contributed by atoms with Crippen molar-refractivity contribution in [3.05, 3.63) is 36.0 Å². The molecule has 3 rings (SSSR count). The number of H-pyrrole nitrogens is 1. The Labute approximate surface area is 141 Å². The standard InChI is InChI=1S/C18H24N4O2/c1-21(2)18(24)20-16(17(23)22-9-5-6-10-22)11-13-12-19-15-8-4-3-7-14(13)15/h3-4,7-8,12,16,19H,5-6,9-11H2,1-2H3,(H,20,24)/t16-/m0/s1. The second kappa shape index (κ2) is 6.95. The van der Waals surface area contributed by atoms with Gasteiger partial charge in [-0.05, 0) is 24.5 Å². The maximum atomic E-state index is 12.8. The van der Waals surface area contributed by atoms with Crippen LogP contribution >= 0.6 is 0 Å². The fourth-order valence-electron chi connectivity index (χ4n) is 3.16. The zero-order valence-corrected chi connectivity index (χ0v) is 14.2. The van der Waals surface area contributed by atoms with E-state index in [4.69, 9.17) is 0 Å². The average molecular weight is 328 g/mol. The molecule has 2 heterocycles. The second-order valence-corrected chi connectivity index (χ2v) is 6.49. The molecule has 0 bridgehead atoms. The first kappa shape index (κ1) is 16.4. The van der Waals surface area contributed by atoms with Crippen molar-refractivity contribution in [1.29, 1.82) is 0 Å². The van der Waals surface area contributed by atoms with Gasteiger partial charge >= 0.3 is 6.03 Å². The summed E-state index contributed by atoms with van der Waals surface area (Å²) in [7, 11) is 3.36. The normalized spacial score (nSPS) is 15.5. The van der Waals surface area contributed by atoms with E-state index in [-0.39, 0.29) is 11.9 Å². The van der Waals surface area contributed by atoms with E-state index in [0.29, 0.717) is 6.42 Å². The van der Waals surface area contributed by atoms with Gasteiger partial charge in [-0.15, -0.1) is 0 Å². The van der Waals surface area contributed by atoms with Gasteiger partial charge in [0.2, 0.25) is 5.91 Å². The molecule has 1 aromatic carbocycles. The summed E-state index contributed by atoms with van der Waals surface area (Å²) in [5.74, 6) is 0.00739. The number of aromatic amines is 1. The van der Waals surface area contributed by atoms with E-state index >= 15 is 0 Å². The van der Waals surface area contributed by atoms with Crippen molar-refractivity contribution in [2.75, 3.05) is 27.2 Å². The van der Waals surface area contributed by atoms with E-state index in [1.54, 1.807) is 14.1 Å². The molecule has 1 aliphatic heterocycles. The number of para-hydroxylation sites is 1. The monoisotopic (exact) mass is 328 g/mol. The summed E-state index contributed by atoms with van der Waals surface area (Å²) < 4.78 is 0. The Morgan fingerprint density at radius 1 is 1.25 bits per heavy atom. The molecular formula is C18H24N4O2. The number of fused-ring (bicyclic) bond motifs is 1. The number of rotatable bonds is 4. The number of carbonyl (C=O) groups excluding carboxylic acids is 2. The number of nitrogens with zero attached hydrogens (tertiary/aromatic N) is 2. The van der Waals surface area contributed by atoms with Gasteiger partial charge in [0.1, 0.15) is 6.04 Å². The third-order valence-corrected chi connectivity index (χ3v) is 4.52. The van der Waals surface area contributed by atoms with Crippen molar-refractivity contribution >= 4 is 22.8 Å². The fraction of sp³-hybridized carbons (Fsp3) is 0.444. The highest BCUT2D eigenvalue weighted by Gasteiger charge is 2.29. The first-order valence-corrected chi connectivity index (χ1v) is 8.38. The fourth-order valence-corrected chi connectivity index (χ4v) is 3.16. The molecule has 1 aromatic heterocycles. The van der Waals surface area contributed by atoms with Crippen LogP contribution in [0.1, 0.15) is 18.4 Å². The zero-order valence-electron chi connectivity index (χ0n) is 14.2. The lowest BCUT2D eigenvalue weighted by Gasteiger charge is -2.25. The highest BCUT2D eigenvalue weighted by molar-refractivity contribution is 5.89. The minimum absolute atomic E-state index is 0.00739. The van der Waals surface area contributed by atoms with Crippen LogP contribution in [0.3, 0.4) is 0 Å². The molecule has 0 radical (unpaired) electrons. The third kappa shape index (κ3) is 3.37. The number of carbonyl (C=O) groups is 2. The maximum absolute atomic E-state index is 12.8. The van der Waals surface area contributed by atoms with E-state index < -0.39 is 6.04 Å². The summed E-state index contributed by atoms with van der Waals surface area (Å²) in [5.41, 5.74) is 2.08. The molecular weight excluding hydrogens is 304 g/mol. The van der Waals surface area contributed by atoms with Crippen LogP contribution in [0.15, 0.2) is 30.5 Å². The van der Waals surface area contributed by atoms with Gasteiger partial charge in [-0.3, -0.25) is 4.79 Å². The van der Waals surface area contributed by atoms with Crippen LogP contribution in [0, 0.1) is 0 Å². The average Bonchev–Trinajstić information content (AvgIpc) is 3.23. The Kier molecular flexibility index (Phi) is 4.74. The molecule has 0 saturated carbocycles. The lowest BCUT2D eigenvalue weighted by atomic mass is 10.0. The van der Waals surface area contributed by atoms with Crippen LogP contribution < -0.4 is 5.32 Å². The minimum Gasteiger partial charge on any atom is -0.361 e. The van der Waals surface area contributed by atoms with Crippen molar-refractivity contribution in [3.63, 3.8) is 0 Å². The van der Waals surface area contributed by atoms with Crippen LogP contribution in [-0.4, -0.2) is 59.9 Å². The van der Waals surface area contributed by atoms with Crippen LogP contribution in [0.4, 0.5) is 4.79 Å². The number of urea groups is 1. The molecule has 6 heteroatoms. The Hall–Kier alpha value is -2.50. The molecule has 3 amide bonds.